The topological polar surface area (TPSA) is 42.0 Å². The van der Waals surface area contributed by atoms with Gasteiger partial charge < -0.3 is 5.32 Å². The molecule has 0 saturated carbocycles. The minimum absolute atomic E-state index is 0.0721. The molecule has 1 N–H and O–H groups in total. The van der Waals surface area contributed by atoms with Crippen LogP contribution in [0.4, 0.5) is 5.69 Å². The number of carbonyl (C=O) groups excluding carboxylic acids is 1. The van der Waals surface area contributed by atoms with Gasteiger partial charge in [0.25, 0.3) is 5.91 Å². The average Bonchev–Trinajstić information content (AvgIpc) is 2.41. The quantitative estimate of drug-likeness (QED) is 0.796. The van der Waals surface area contributed by atoms with Crippen LogP contribution >= 0.6 is 23.2 Å². The van der Waals surface area contributed by atoms with Crippen molar-refractivity contribution in [2.45, 2.75) is 26.2 Å². The molecule has 0 unspecified atom stereocenters. The molecule has 0 saturated heterocycles. The number of nitrogens with one attached hydrogen (secondary N) is 1. The molecule has 2 aromatic rings. The summed E-state index contributed by atoms with van der Waals surface area (Å²) in [6.07, 6.45) is 1.40. The number of nitrogens with zero attached hydrogens (tertiary/aromatic N) is 1. The molecule has 0 fully saturated rings. The maximum absolute atomic E-state index is 12.2. The van der Waals surface area contributed by atoms with E-state index in [1.54, 1.807) is 0 Å². The fourth-order valence-electron chi connectivity index (χ4n) is 1.83. The van der Waals surface area contributed by atoms with Crippen molar-refractivity contribution in [1.29, 1.82) is 0 Å². The van der Waals surface area contributed by atoms with Crippen LogP contribution in [0.5, 0.6) is 0 Å². The van der Waals surface area contributed by atoms with Crippen LogP contribution in [-0.2, 0) is 5.41 Å². The van der Waals surface area contributed by atoms with Crippen molar-refractivity contribution in [2.75, 3.05) is 5.32 Å². The van der Waals surface area contributed by atoms with Crippen molar-refractivity contribution >= 4 is 34.8 Å². The summed E-state index contributed by atoms with van der Waals surface area (Å²) < 4.78 is 0. The number of rotatable bonds is 2. The van der Waals surface area contributed by atoms with Gasteiger partial charge in [0.15, 0.2) is 0 Å². The molecule has 0 aliphatic rings. The van der Waals surface area contributed by atoms with E-state index >= 15 is 0 Å². The Bertz CT molecular complexity index is 661. The average molecular weight is 323 g/mol. The Morgan fingerprint density at radius 2 is 1.76 bits per heavy atom. The van der Waals surface area contributed by atoms with Crippen LogP contribution in [0.1, 0.15) is 36.7 Å². The Hall–Kier alpha value is -1.58. The van der Waals surface area contributed by atoms with E-state index in [0.717, 1.165) is 0 Å². The Kier molecular flexibility index (Phi) is 4.55. The second-order valence-corrected chi connectivity index (χ2v) is 6.57. The molecule has 1 aromatic carbocycles. The molecule has 0 radical (unpaired) electrons. The van der Waals surface area contributed by atoms with E-state index < -0.39 is 0 Å². The minimum Gasteiger partial charge on any atom is -0.322 e. The van der Waals surface area contributed by atoms with Crippen molar-refractivity contribution in [1.82, 2.24) is 4.98 Å². The summed E-state index contributed by atoms with van der Waals surface area (Å²) in [5.41, 5.74) is 2.22. The molecule has 1 heterocycles. The van der Waals surface area contributed by atoms with E-state index in [4.69, 9.17) is 23.2 Å². The molecule has 0 atom stereocenters. The zero-order chi connectivity index (χ0) is 15.6. The predicted octanol–water partition coefficient (Wildman–Crippen LogP) is 4.94. The van der Waals surface area contributed by atoms with E-state index in [1.807, 2.05) is 24.3 Å². The Balaban J connectivity index is 2.18. The summed E-state index contributed by atoms with van der Waals surface area (Å²) in [5.74, 6) is -0.335. The second-order valence-electron chi connectivity index (χ2n) is 5.77. The molecule has 3 nitrogen and oxygen atoms in total. The number of carbonyl (C=O) groups is 1. The molecule has 0 aliphatic carbocycles. The number of pyridine rings is 1. The third-order valence-corrected chi connectivity index (χ3v) is 3.57. The number of aromatic nitrogens is 1. The van der Waals surface area contributed by atoms with Gasteiger partial charge in [0, 0.05) is 11.9 Å². The van der Waals surface area contributed by atoms with Gasteiger partial charge in [0.2, 0.25) is 0 Å². The number of amides is 1. The van der Waals surface area contributed by atoms with E-state index in [2.05, 4.69) is 31.1 Å². The lowest BCUT2D eigenvalue weighted by Crippen LogP contribution is -2.14. The normalized spacial score (nSPS) is 11.3. The molecule has 110 valence electrons. The summed E-state index contributed by atoms with van der Waals surface area (Å²) in [5, 5.41) is 3.28. The van der Waals surface area contributed by atoms with Gasteiger partial charge in [-0.2, -0.15) is 0 Å². The molecule has 21 heavy (non-hydrogen) atoms. The van der Waals surface area contributed by atoms with E-state index in [9.17, 15) is 4.79 Å². The molecule has 2 rings (SSSR count). The SMILES string of the molecule is CC(C)(C)c1ccc(NC(=O)c2cc(Cl)cnc2Cl)cc1. The van der Waals surface area contributed by atoms with Crippen LogP contribution in [0.3, 0.4) is 0 Å². The summed E-state index contributed by atoms with van der Waals surface area (Å²) in [6.45, 7) is 6.41. The Morgan fingerprint density at radius 1 is 1.14 bits per heavy atom. The predicted molar refractivity (Wildman–Crippen MR) is 87.4 cm³/mol. The van der Waals surface area contributed by atoms with Crippen molar-refractivity contribution in [3.8, 4) is 0 Å². The smallest absolute Gasteiger partial charge is 0.258 e. The lowest BCUT2D eigenvalue weighted by molar-refractivity contribution is 0.102. The highest BCUT2D eigenvalue weighted by molar-refractivity contribution is 6.35. The van der Waals surface area contributed by atoms with E-state index in [1.165, 1.54) is 17.8 Å². The Labute approximate surface area is 134 Å². The Morgan fingerprint density at radius 3 is 2.33 bits per heavy atom. The second kappa shape index (κ2) is 6.04. The number of hydrogen-bond donors (Lipinski definition) is 1. The van der Waals surface area contributed by atoms with Crippen LogP contribution in [0.25, 0.3) is 0 Å². The molecule has 1 amide bonds. The molecule has 1 aromatic heterocycles. The van der Waals surface area contributed by atoms with Crippen LogP contribution in [0.15, 0.2) is 36.5 Å². The molecule has 0 bridgehead atoms. The first-order valence-corrected chi connectivity index (χ1v) is 7.26. The number of hydrogen-bond acceptors (Lipinski definition) is 2. The molecule has 5 heteroatoms. The standard InChI is InChI=1S/C16H16Cl2N2O/c1-16(2,3)10-4-6-12(7-5-10)20-15(21)13-8-11(17)9-19-14(13)18/h4-9H,1-3H3,(H,20,21). The van der Waals surface area contributed by atoms with Crippen LogP contribution in [0, 0.1) is 0 Å². The van der Waals surface area contributed by atoms with Gasteiger partial charge >= 0.3 is 0 Å². The zero-order valence-corrected chi connectivity index (χ0v) is 13.6. The van der Waals surface area contributed by atoms with Crippen LogP contribution in [-0.4, -0.2) is 10.9 Å². The third-order valence-electron chi connectivity index (χ3n) is 3.06. The van der Waals surface area contributed by atoms with Crippen molar-refractivity contribution in [3.63, 3.8) is 0 Å². The number of benzene rings is 1. The molecule has 0 spiro atoms. The third kappa shape index (κ3) is 3.96. The zero-order valence-electron chi connectivity index (χ0n) is 12.1. The molecule has 0 aliphatic heterocycles. The van der Waals surface area contributed by atoms with Gasteiger partial charge in [-0.05, 0) is 29.2 Å². The lowest BCUT2D eigenvalue weighted by Gasteiger charge is -2.19. The van der Waals surface area contributed by atoms with Gasteiger partial charge in [0.05, 0.1) is 10.6 Å². The van der Waals surface area contributed by atoms with Crippen molar-refractivity contribution < 1.29 is 4.79 Å². The summed E-state index contributed by atoms with van der Waals surface area (Å²) in [6, 6.07) is 9.21. The van der Waals surface area contributed by atoms with Gasteiger partial charge in [0.1, 0.15) is 5.15 Å². The van der Waals surface area contributed by atoms with Gasteiger partial charge in [-0.15, -0.1) is 0 Å². The molecular weight excluding hydrogens is 307 g/mol. The highest BCUT2D eigenvalue weighted by Crippen LogP contribution is 2.24. The van der Waals surface area contributed by atoms with Crippen molar-refractivity contribution in [2.24, 2.45) is 0 Å². The first-order valence-electron chi connectivity index (χ1n) is 6.50. The fraction of sp³-hybridized carbons (Fsp3) is 0.250. The summed E-state index contributed by atoms with van der Waals surface area (Å²) in [4.78, 5) is 16.0. The largest absolute Gasteiger partial charge is 0.322 e. The fourth-order valence-corrected chi connectivity index (χ4v) is 2.18. The first kappa shape index (κ1) is 15.8. The maximum Gasteiger partial charge on any atom is 0.258 e. The van der Waals surface area contributed by atoms with Gasteiger partial charge in [-0.25, -0.2) is 4.98 Å². The highest BCUT2D eigenvalue weighted by Gasteiger charge is 2.15. The monoisotopic (exact) mass is 322 g/mol. The van der Waals surface area contributed by atoms with Crippen molar-refractivity contribution in [3.05, 3.63) is 57.8 Å². The van der Waals surface area contributed by atoms with Gasteiger partial charge in [-0.3, -0.25) is 4.79 Å². The lowest BCUT2D eigenvalue weighted by atomic mass is 9.87. The van der Waals surface area contributed by atoms with Crippen LogP contribution in [0.2, 0.25) is 10.2 Å². The first-order chi connectivity index (χ1) is 9.77. The summed E-state index contributed by atoms with van der Waals surface area (Å²) in [7, 11) is 0. The van der Waals surface area contributed by atoms with E-state index in [-0.39, 0.29) is 22.0 Å². The molecular formula is C16H16Cl2N2O. The van der Waals surface area contributed by atoms with E-state index in [0.29, 0.717) is 10.7 Å². The number of anilines is 1. The minimum atomic E-state index is -0.335. The number of halogens is 2. The highest BCUT2D eigenvalue weighted by atomic mass is 35.5. The summed E-state index contributed by atoms with van der Waals surface area (Å²) >= 11 is 11.7. The maximum atomic E-state index is 12.2. The van der Waals surface area contributed by atoms with Crippen LogP contribution < -0.4 is 5.32 Å². The van der Waals surface area contributed by atoms with Gasteiger partial charge in [-0.1, -0.05) is 56.1 Å².